The summed E-state index contributed by atoms with van der Waals surface area (Å²) in [5.74, 6) is 0.628. The predicted molar refractivity (Wildman–Crippen MR) is 76.9 cm³/mol. The van der Waals surface area contributed by atoms with E-state index >= 15 is 0 Å². The molecule has 3 heterocycles. The number of para-hydroxylation sites is 1. The van der Waals surface area contributed by atoms with Crippen LogP contribution in [0.2, 0.25) is 0 Å². The van der Waals surface area contributed by atoms with Crippen LogP contribution in [0, 0.1) is 0 Å². The first-order chi connectivity index (χ1) is 10.2. The molecular weight excluding hydrogens is 268 g/mol. The Morgan fingerprint density at radius 1 is 1.33 bits per heavy atom. The third-order valence-electron chi connectivity index (χ3n) is 4.24. The van der Waals surface area contributed by atoms with Gasteiger partial charge in [0.15, 0.2) is 0 Å². The molecule has 5 nitrogen and oxygen atoms in total. The van der Waals surface area contributed by atoms with Crippen LogP contribution in [0.15, 0.2) is 30.3 Å². The molecule has 1 amide bonds. The molecule has 0 aliphatic carbocycles. The van der Waals surface area contributed by atoms with E-state index in [0.717, 1.165) is 22.9 Å². The van der Waals surface area contributed by atoms with Crippen molar-refractivity contribution < 1.29 is 14.6 Å². The summed E-state index contributed by atoms with van der Waals surface area (Å²) in [5, 5.41) is 11.3. The second-order valence-electron chi connectivity index (χ2n) is 5.59. The number of fused-ring (bicyclic) bond motifs is 2. The largest absolute Gasteiger partial charge is 0.475 e. The molecule has 0 radical (unpaired) electrons. The van der Waals surface area contributed by atoms with Gasteiger partial charge in [-0.25, -0.2) is 4.98 Å². The third-order valence-corrected chi connectivity index (χ3v) is 4.24. The van der Waals surface area contributed by atoms with Crippen molar-refractivity contribution >= 4 is 16.8 Å². The molecule has 0 bridgehead atoms. The molecule has 5 heteroatoms. The second kappa shape index (κ2) is 4.70. The average molecular weight is 284 g/mol. The van der Waals surface area contributed by atoms with Crippen LogP contribution in [0.3, 0.4) is 0 Å². The van der Waals surface area contributed by atoms with E-state index in [1.807, 2.05) is 30.3 Å². The Morgan fingerprint density at radius 3 is 3.00 bits per heavy atom. The molecule has 1 saturated heterocycles. The van der Waals surface area contributed by atoms with Gasteiger partial charge in [-0.3, -0.25) is 4.79 Å². The maximum absolute atomic E-state index is 12.0. The number of hydrogen-bond donors (Lipinski definition) is 1. The highest BCUT2D eigenvalue weighted by molar-refractivity contribution is 5.82. The van der Waals surface area contributed by atoms with Crippen molar-refractivity contribution in [2.75, 3.05) is 13.2 Å². The maximum Gasteiger partial charge on any atom is 0.223 e. The minimum Gasteiger partial charge on any atom is -0.475 e. The van der Waals surface area contributed by atoms with Gasteiger partial charge in [-0.05, 0) is 18.6 Å². The number of carbonyl (C=O) groups excluding carboxylic acids is 1. The zero-order chi connectivity index (χ0) is 14.4. The number of aliphatic hydroxyl groups is 1. The molecule has 1 aromatic carbocycles. The lowest BCUT2D eigenvalue weighted by molar-refractivity contribution is -0.133. The maximum atomic E-state index is 12.0. The van der Waals surface area contributed by atoms with Crippen molar-refractivity contribution in [3.8, 4) is 5.88 Å². The zero-order valence-corrected chi connectivity index (χ0v) is 11.5. The molecule has 1 N–H and O–H groups in total. The highest BCUT2D eigenvalue weighted by Gasteiger charge is 2.39. The van der Waals surface area contributed by atoms with Crippen LogP contribution in [0.5, 0.6) is 5.88 Å². The van der Waals surface area contributed by atoms with Gasteiger partial charge in [0.25, 0.3) is 0 Å². The Kier molecular flexibility index (Phi) is 2.82. The summed E-state index contributed by atoms with van der Waals surface area (Å²) in [7, 11) is 0. The lowest BCUT2D eigenvalue weighted by atomic mass is 9.97. The Hall–Kier alpha value is -2.14. The van der Waals surface area contributed by atoms with Gasteiger partial charge in [0.2, 0.25) is 11.8 Å². The summed E-state index contributed by atoms with van der Waals surface area (Å²) in [6, 6.07) is 9.43. The topological polar surface area (TPSA) is 62.7 Å². The van der Waals surface area contributed by atoms with Crippen molar-refractivity contribution in [2.24, 2.45) is 0 Å². The monoisotopic (exact) mass is 284 g/mol. The van der Waals surface area contributed by atoms with Crippen molar-refractivity contribution in [3.63, 3.8) is 0 Å². The fourth-order valence-corrected chi connectivity index (χ4v) is 3.24. The van der Waals surface area contributed by atoms with Crippen LogP contribution in [0.25, 0.3) is 10.9 Å². The molecule has 2 atom stereocenters. The summed E-state index contributed by atoms with van der Waals surface area (Å²) >= 11 is 0. The van der Waals surface area contributed by atoms with Crippen molar-refractivity contribution in [1.29, 1.82) is 0 Å². The van der Waals surface area contributed by atoms with Crippen LogP contribution in [0.4, 0.5) is 0 Å². The van der Waals surface area contributed by atoms with E-state index in [4.69, 9.17) is 4.74 Å². The first-order valence-corrected chi connectivity index (χ1v) is 7.24. The van der Waals surface area contributed by atoms with Gasteiger partial charge in [0.1, 0.15) is 12.7 Å². The van der Waals surface area contributed by atoms with E-state index < -0.39 is 6.10 Å². The van der Waals surface area contributed by atoms with Gasteiger partial charge < -0.3 is 14.7 Å². The Labute approximate surface area is 122 Å². The van der Waals surface area contributed by atoms with Gasteiger partial charge >= 0.3 is 0 Å². The number of benzene rings is 1. The Balaban J connectivity index is 1.86. The van der Waals surface area contributed by atoms with Gasteiger partial charge in [-0.15, -0.1) is 0 Å². The van der Waals surface area contributed by atoms with E-state index in [9.17, 15) is 9.90 Å². The number of pyridine rings is 1. The van der Waals surface area contributed by atoms with Crippen LogP contribution in [-0.2, 0) is 4.79 Å². The number of rotatable bonds is 1. The molecule has 1 aromatic heterocycles. The van der Waals surface area contributed by atoms with E-state index in [0.29, 0.717) is 18.8 Å². The number of likely N-dealkylation sites (tertiary alicyclic amines) is 1. The lowest BCUT2D eigenvalue weighted by Crippen LogP contribution is -2.43. The van der Waals surface area contributed by atoms with Crippen molar-refractivity contribution in [3.05, 3.63) is 35.9 Å². The highest BCUT2D eigenvalue weighted by atomic mass is 16.5. The summed E-state index contributed by atoms with van der Waals surface area (Å²) < 4.78 is 5.57. The number of aromatic nitrogens is 1. The molecule has 0 unspecified atom stereocenters. The van der Waals surface area contributed by atoms with Crippen LogP contribution < -0.4 is 4.74 Å². The third kappa shape index (κ3) is 1.96. The number of amides is 1. The molecule has 108 valence electrons. The minimum atomic E-state index is -0.706. The first kappa shape index (κ1) is 12.6. The molecule has 21 heavy (non-hydrogen) atoms. The molecule has 0 saturated carbocycles. The number of nitrogens with zero attached hydrogens (tertiary/aromatic N) is 2. The average Bonchev–Trinajstić information content (AvgIpc) is 2.91. The lowest BCUT2D eigenvalue weighted by Gasteiger charge is -2.36. The Morgan fingerprint density at radius 2 is 2.19 bits per heavy atom. The van der Waals surface area contributed by atoms with E-state index in [2.05, 4.69) is 4.98 Å². The molecule has 2 aliphatic heterocycles. The molecular formula is C16H16N2O3. The quantitative estimate of drug-likeness (QED) is 0.865. The van der Waals surface area contributed by atoms with E-state index in [1.165, 1.54) is 0 Å². The smallest absolute Gasteiger partial charge is 0.223 e. The fourth-order valence-electron chi connectivity index (χ4n) is 3.24. The molecule has 0 spiro atoms. The molecule has 2 aliphatic rings. The number of carbonyl (C=O) groups is 1. The minimum absolute atomic E-state index is 0.0973. The highest BCUT2D eigenvalue weighted by Crippen LogP contribution is 2.38. The fraction of sp³-hybridized carbons (Fsp3) is 0.375. The summed E-state index contributed by atoms with van der Waals surface area (Å²) in [6.45, 7) is 0.861. The number of aliphatic hydroxyl groups excluding tert-OH is 1. The van der Waals surface area contributed by atoms with E-state index in [1.54, 1.807) is 4.90 Å². The van der Waals surface area contributed by atoms with Gasteiger partial charge in [-0.1, -0.05) is 18.2 Å². The SMILES string of the molecule is O=C1CCCN1[C@@H]1c2cc3ccccc3nc2OC[C@H]1O. The summed E-state index contributed by atoms with van der Waals surface area (Å²) in [4.78, 5) is 18.3. The van der Waals surface area contributed by atoms with Crippen LogP contribution in [-0.4, -0.2) is 40.2 Å². The molecule has 2 aromatic rings. The second-order valence-corrected chi connectivity index (χ2v) is 5.59. The summed E-state index contributed by atoms with van der Waals surface area (Å²) in [6.07, 6.45) is 0.696. The molecule has 1 fully saturated rings. The van der Waals surface area contributed by atoms with Gasteiger partial charge in [0, 0.05) is 23.9 Å². The number of ether oxygens (including phenoxy) is 1. The van der Waals surface area contributed by atoms with Crippen LogP contribution in [0.1, 0.15) is 24.4 Å². The first-order valence-electron chi connectivity index (χ1n) is 7.24. The standard InChI is InChI=1S/C16H16N2O3/c19-13-9-21-16-11(15(13)18-7-3-6-14(18)20)8-10-4-1-2-5-12(10)17-16/h1-2,4-5,8,13,15,19H,3,6-7,9H2/t13-,15-/m1/s1. The summed E-state index contributed by atoms with van der Waals surface area (Å²) in [5.41, 5.74) is 1.67. The zero-order valence-electron chi connectivity index (χ0n) is 11.5. The van der Waals surface area contributed by atoms with Crippen molar-refractivity contribution in [1.82, 2.24) is 9.88 Å². The predicted octanol–water partition coefficient (Wildman–Crippen LogP) is 1.65. The molecule has 4 rings (SSSR count). The van der Waals surface area contributed by atoms with Gasteiger partial charge in [-0.2, -0.15) is 0 Å². The van der Waals surface area contributed by atoms with Gasteiger partial charge in [0.05, 0.1) is 11.6 Å². The number of hydrogen-bond acceptors (Lipinski definition) is 4. The van der Waals surface area contributed by atoms with E-state index in [-0.39, 0.29) is 18.6 Å². The normalized spacial score (nSPS) is 25.0. The van der Waals surface area contributed by atoms with Crippen LogP contribution >= 0.6 is 0 Å². The Bertz CT molecular complexity index is 716. The van der Waals surface area contributed by atoms with Crippen molar-refractivity contribution in [2.45, 2.75) is 25.0 Å².